The SMILES string of the molecule is CCN(CC(=O)Nc1cccc(OC)c1)CC(=O)Nc1cccc(SC)c1. The van der Waals surface area contributed by atoms with Gasteiger partial charge in [0.15, 0.2) is 0 Å². The Kier molecular flexibility index (Phi) is 8.16. The summed E-state index contributed by atoms with van der Waals surface area (Å²) < 4.78 is 5.15. The molecule has 0 spiro atoms. The van der Waals surface area contributed by atoms with Crippen LogP contribution < -0.4 is 15.4 Å². The molecule has 0 saturated carbocycles. The highest BCUT2D eigenvalue weighted by Crippen LogP contribution is 2.19. The van der Waals surface area contributed by atoms with Gasteiger partial charge in [-0.25, -0.2) is 0 Å². The molecule has 2 amide bonds. The van der Waals surface area contributed by atoms with Crippen LogP contribution in [-0.4, -0.2) is 49.7 Å². The number of benzene rings is 2. The van der Waals surface area contributed by atoms with Crippen molar-refractivity contribution in [1.29, 1.82) is 0 Å². The van der Waals surface area contributed by atoms with Gasteiger partial charge in [0, 0.05) is 22.3 Å². The number of anilines is 2. The summed E-state index contributed by atoms with van der Waals surface area (Å²) in [6.07, 6.45) is 1.99. The van der Waals surface area contributed by atoms with E-state index in [-0.39, 0.29) is 24.9 Å². The molecule has 2 aromatic rings. The van der Waals surface area contributed by atoms with Gasteiger partial charge >= 0.3 is 0 Å². The van der Waals surface area contributed by atoms with Crippen molar-refractivity contribution < 1.29 is 14.3 Å². The number of likely N-dealkylation sites (N-methyl/N-ethyl adjacent to an activating group) is 1. The molecule has 0 bridgehead atoms. The fourth-order valence-electron chi connectivity index (χ4n) is 2.49. The number of carbonyl (C=O) groups excluding carboxylic acids is 2. The van der Waals surface area contributed by atoms with Crippen molar-refractivity contribution in [1.82, 2.24) is 4.90 Å². The Hall–Kier alpha value is -2.51. The van der Waals surface area contributed by atoms with Gasteiger partial charge in [-0.05, 0) is 43.1 Å². The van der Waals surface area contributed by atoms with Crippen LogP contribution in [0.2, 0.25) is 0 Å². The zero-order chi connectivity index (χ0) is 19.6. The quantitative estimate of drug-likeness (QED) is 0.646. The van der Waals surface area contributed by atoms with E-state index in [4.69, 9.17) is 4.74 Å². The predicted octanol–water partition coefficient (Wildman–Crippen LogP) is 3.32. The number of hydrogen-bond acceptors (Lipinski definition) is 5. The van der Waals surface area contributed by atoms with Crippen molar-refractivity contribution in [3.05, 3.63) is 48.5 Å². The second-order valence-corrected chi connectivity index (χ2v) is 6.74. The minimum atomic E-state index is -0.178. The zero-order valence-corrected chi connectivity index (χ0v) is 16.6. The molecule has 6 nitrogen and oxygen atoms in total. The maximum Gasteiger partial charge on any atom is 0.238 e. The molecule has 0 aliphatic rings. The van der Waals surface area contributed by atoms with Crippen molar-refractivity contribution in [2.75, 3.05) is 43.6 Å². The van der Waals surface area contributed by atoms with Gasteiger partial charge in [-0.3, -0.25) is 14.5 Å². The lowest BCUT2D eigenvalue weighted by Gasteiger charge is -2.19. The van der Waals surface area contributed by atoms with Crippen LogP contribution in [0.15, 0.2) is 53.4 Å². The van der Waals surface area contributed by atoms with Crippen molar-refractivity contribution in [3.8, 4) is 5.75 Å². The minimum absolute atomic E-state index is 0.131. The van der Waals surface area contributed by atoms with Crippen molar-refractivity contribution >= 4 is 35.0 Å². The standard InChI is InChI=1S/C20H25N3O3S/c1-4-23(13-19(24)21-15-7-5-9-17(11-15)26-2)14-20(25)22-16-8-6-10-18(12-16)27-3/h5-12H,4,13-14H2,1-3H3,(H,21,24)(H,22,25). The van der Waals surface area contributed by atoms with E-state index in [2.05, 4.69) is 10.6 Å². The predicted molar refractivity (Wildman–Crippen MR) is 111 cm³/mol. The number of amides is 2. The lowest BCUT2D eigenvalue weighted by atomic mass is 10.3. The molecule has 0 aliphatic carbocycles. The topological polar surface area (TPSA) is 70.7 Å². The van der Waals surface area contributed by atoms with Crippen LogP contribution in [-0.2, 0) is 9.59 Å². The summed E-state index contributed by atoms with van der Waals surface area (Å²) in [5, 5.41) is 5.70. The normalized spacial score (nSPS) is 10.5. The highest BCUT2D eigenvalue weighted by atomic mass is 32.2. The second-order valence-electron chi connectivity index (χ2n) is 5.86. The molecule has 0 atom stereocenters. The Bertz CT molecular complexity index is 719. The van der Waals surface area contributed by atoms with E-state index < -0.39 is 0 Å². The molecule has 0 aromatic heterocycles. The number of nitrogens with zero attached hydrogens (tertiary/aromatic N) is 1. The number of nitrogens with one attached hydrogen (secondary N) is 2. The summed E-state index contributed by atoms with van der Waals surface area (Å²) in [6, 6.07) is 14.8. The molecule has 0 saturated heterocycles. The van der Waals surface area contributed by atoms with Crippen LogP contribution in [0.3, 0.4) is 0 Å². The third-order valence-corrected chi connectivity index (χ3v) is 4.61. The molecule has 0 aliphatic heterocycles. The van der Waals surface area contributed by atoms with E-state index in [1.807, 2.05) is 49.6 Å². The molecule has 2 aromatic carbocycles. The lowest BCUT2D eigenvalue weighted by Crippen LogP contribution is -2.38. The number of hydrogen-bond donors (Lipinski definition) is 2. The fraction of sp³-hybridized carbons (Fsp3) is 0.300. The molecule has 7 heteroatoms. The Labute approximate surface area is 164 Å². The van der Waals surface area contributed by atoms with E-state index >= 15 is 0 Å². The zero-order valence-electron chi connectivity index (χ0n) is 15.8. The molecular weight excluding hydrogens is 362 g/mol. The number of methoxy groups -OCH3 is 1. The van der Waals surface area contributed by atoms with Crippen molar-refractivity contribution in [3.63, 3.8) is 0 Å². The minimum Gasteiger partial charge on any atom is -0.497 e. The maximum absolute atomic E-state index is 12.3. The van der Waals surface area contributed by atoms with Crippen LogP contribution in [0.4, 0.5) is 11.4 Å². The summed E-state index contributed by atoms with van der Waals surface area (Å²) >= 11 is 1.62. The van der Waals surface area contributed by atoms with Crippen LogP contribution in [0.1, 0.15) is 6.92 Å². The molecule has 27 heavy (non-hydrogen) atoms. The first-order valence-corrected chi connectivity index (χ1v) is 9.86. The summed E-state index contributed by atoms with van der Waals surface area (Å²) in [5.41, 5.74) is 1.41. The highest BCUT2D eigenvalue weighted by molar-refractivity contribution is 7.98. The molecule has 2 N–H and O–H groups in total. The van der Waals surface area contributed by atoms with E-state index in [1.54, 1.807) is 35.9 Å². The summed E-state index contributed by atoms with van der Waals surface area (Å²) in [5.74, 6) is 0.346. The Morgan fingerprint density at radius 3 is 2.15 bits per heavy atom. The van der Waals surface area contributed by atoms with Gasteiger partial charge in [0.05, 0.1) is 20.2 Å². The average Bonchev–Trinajstić information content (AvgIpc) is 2.67. The summed E-state index contributed by atoms with van der Waals surface area (Å²) in [7, 11) is 1.58. The second kappa shape index (κ2) is 10.6. The molecule has 144 valence electrons. The first kappa shape index (κ1) is 20.8. The van der Waals surface area contributed by atoms with Crippen LogP contribution in [0, 0.1) is 0 Å². The van der Waals surface area contributed by atoms with Gasteiger partial charge < -0.3 is 15.4 Å². The summed E-state index contributed by atoms with van der Waals surface area (Å²) in [4.78, 5) is 27.4. The molecular formula is C20H25N3O3S. The number of ether oxygens (including phenoxy) is 1. The largest absolute Gasteiger partial charge is 0.497 e. The average molecular weight is 388 g/mol. The maximum atomic E-state index is 12.3. The first-order chi connectivity index (χ1) is 13.0. The van der Waals surface area contributed by atoms with Crippen LogP contribution >= 0.6 is 11.8 Å². The monoisotopic (exact) mass is 387 g/mol. The Morgan fingerprint density at radius 2 is 1.59 bits per heavy atom. The first-order valence-electron chi connectivity index (χ1n) is 8.64. The highest BCUT2D eigenvalue weighted by Gasteiger charge is 2.14. The number of rotatable bonds is 9. The van der Waals surface area contributed by atoms with E-state index in [1.165, 1.54) is 0 Å². The third-order valence-electron chi connectivity index (χ3n) is 3.89. The lowest BCUT2D eigenvalue weighted by molar-refractivity contribution is -0.119. The molecule has 0 fully saturated rings. The van der Waals surface area contributed by atoms with Gasteiger partial charge in [-0.1, -0.05) is 19.1 Å². The third kappa shape index (κ3) is 6.96. The molecule has 0 radical (unpaired) electrons. The number of carbonyl (C=O) groups is 2. The van der Waals surface area contributed by atoms with E-state index in [0.29, 0.717) is 18.0 Å². The van der Waals surface area contributed by atoms with Gasteiger partial charge in [0.2, 0.25) is 11.8 Å². The van der Waals surface area contributed by atoms with E-state index in [9.17, 15) is 9.59 Å². The van der Waals surface area contributed by atoms with Gasteiger partial charge in [0.25, 0.3) is 0 Å². The van der Waals surface area contributed by atoms with Crippen molar-refractivity contribution in [2.45, 2.75) is 11.8 Å². The van der Waals surface area contributed by atoms with Gasteiger partial charge in [-0.2, -0.15) is 0 Å². The smallest absolute Gasteiger partial charge is 0.238 e. The Morgan fingerprint density at radius 1 is 1.00 bits per heavy atom. The Balaban J connectivity index is 1.87. The van der Waals surface area contributed by atoms with Gasteiger partial charge in [0.1, 0.15) is 5.75 Å². The van der Waals surface area contributed by atoms with Crippen LogP contribution in [0.5, 0.6) is 5.75 Å². The van der Waals surface area contributed by atoms with Crippen molar-refractivity contribution in [2.24, 2.45) is 0 Å². The fourth-order valence-corrected chi connectivity index (χ4v) is 2.95. The number of thioether (sulfide) groups is 1. The molecule has 0 unspecified atom stereocenters. The summed E-state index contributed by atoms with van der Waals surface area (Å²) in [6.45, 7) is 2.78. The van der Waals surface area contributed by atoms with E-state index in [0.717, 1.165) is 10.6 Å². The molecule has 0 heterocycles. The van der Waals surface area contributed by atoms with Gasteiger partial charge in [-0.15, -0.1) is 11.8 Å². The van der Waals surface area contributed by atoms with Crippen LogP contribution in [0.25, 0.3) is 0 Å². The molecule has 2 rings (SSSR count).